The smallest absolute Gasteiger partial charge is 0.280 e. The maximum Gasteiger partial charge on any atom is 0.280 e. The molecule has 0 radical (unpaired) electrons. The van der Waals surface area contributed by atoms with E-state index >= 15 is 0 Å². The van der Waals surface area contributed by atoms with E-state index in [9.17, 15) is 13.6 Å². The van der Waals surface area contributed by atoms with E-state index in [4.69, 9.17) is 5.73 Å². The first-order valence-electron chi connectivity index (χ1n) is 8.66. The number of piperidine rings is 1. The fourth-order valence-electron chi connectivity index (χ4n) is 3.48. The summed E-state index contributed by atoms with van der Waals surface area (Å²) in [6.45, 7) is 1.03. The Morgan fingerprint density at radius 1 is 1.30 bits per heavy atom. The van der Waals surface area contributed by atoms with E-state index in [1.165, 1.54) is 18.5 Å². The summed E-state index contributed by atoms with van der Waals surface area (Å²) in [5.74, 6) is 0.0971. The van der Waals surface area contributed by atoms with Gasteiger partial charge in [-0.1, -0.05) is 0 Å². The van der Waals surface area contributed by atoms with Crippen molar-refractivity contribution in [1.82, 2.24) is 24.5 Å². The Kier molecular flexibility index (Phi) is 4.43. The average Bonchev–Trinajstić information content (AvgIpc) is 3.16. The number of aromatic nitrogens is 4. The van der Waals surface area contributed by atoms with Crippen LogP contribution in [0.2, 0.25) is 0 Å². The van der Waals surface area contributed by atoms with Gasteiger partial charge in [0.15, 0.2) is 5.65 Å². The Hall–Kier alpha value is -3.10. The number of amides is 1. The van der Waals surface area contributed by atoms with Gasteiger partial charge in [0.1, 0.15) is 11.5 Å². The summed E-state index contributed by atoms with van der Waals surface area (Å²) >= 11 is 0. The van der Waals surface area contributed by atoms with Gasteiger partial charge in [-0.15, -0.1) is 0 Å². The number of alkyl halides is 2. The van der Waals surface area contributed by atoms with Crippen LogP contribution in [0.25, 0.3) is 5.65 Å². The zero-order valence-corrected chi connectivity index (χ0v) is 14.4. The Balaban J connectivity index is 1.63. The molecule has 0 saturated carbocycles. The van der Waals surface area contributed by atoms with Crippen molar-refractivity contribution in [2.75, 3.05) is 18.8 Å². The second-order valence-electron chi connectivity index (χ2n) is 6.57. The monoisotopic (exact) mass is 372 g/mol. The molecule has 0 bridgehead atoms. The van der Waals surface area contributed by atoms with E-state index in [1.807, 2.05) is 0 Å². The predicted molar refractivity (Wildman–Crippen MR) is 94.5 cm³/mol. The molecule has 7 nitrogen and oxygen atoms in total. The van der Waals surface area contributed by atoms with Crippen molar-refractivity contribution in [3.63, 3.8) is 0 Å². The molecule has 27 heavy (non-hydrogen) atoms. The van der Waals surface area contributed by atoms with Crippen LogP contribution in [0, 0.1) is 0 Å². The maximum atomic E-state index is 13.2. The van der Waals surface area contributed by atoms with Crippen molar-refractivity contribution < 1.29 is 13.6 Å². The van der Waals surface area contributed by atoms with E-state index < -0.39 is 6.43 Å². The molecule has 4 heterocycles. The third-order valence-electron chi connectivity index (χ3n) is 4.79. The van der Waals surface area contributed by atoms with Crippen molar-refractivity contribution in [1.29, 1.82) is 0 Å². The normalized spacial score (nSPS) is 17.6. The van der Waals surface area contributed by atoms with E-state index in [1.54, 1.807) is 27.6 Å². The highest BCUT2D eigenvalue weighted by molar-refractivity contribution is 5.94. The van der Waals surface area contributed by atoms with Crippen LogP contribution in [-0.2, 0) is 0 Å². The van der Waals surface area contributed by atoms with Gasteiger partial charge < -0.3 is 10.6 Å². The molecule has 9 heteroatoms. The second kappa shape index (κ2) is 6.90. The van der Waals surface area contributed by atoms with Gasteiger partial charge in [0.2, 0.25) is 0 Å². The summed E-state index contributed by atoms with van der Waals surface area (Å²) < 4.78 is 28.0. The highest BCUT2D eigenvalue weighted by atomic mass is 19.3. The van der Waals surface area contributed by atoms with E-state index in [0.717, 1.165) is 12.8 Å². The molecule has 0 aliphatic carbocycles. The molecule has 2 N–H and O–H groups in total. The molecule has 140 valence electrons. The summed E-state index contributed by atoms with van der Waals surface area (Å²) in [7, 11) is 0. The minimum absolute atomic E-state index is 0.104. The lowest BCUT2D eigenvalue weighted by molar-refractivity contribution is 0.0704. The molecule has 0 unspecified atom stereocenters. The third kappa shape index (κ3) is 3.32. The minimum Gasteiger partial charge on any atom is -0.384 e. The van der Waals surface area contributed by atoms with Gasteiger partial charge in [0, 0.05) is 31.3 Å². The number of carbonyl (C=O) groups excluding carboxylic acids is 1. The number of nitrogens with two attached hydrogens (primary N) is 1. The fraction of sp³-hybridized carbons (Fsp3) is 0.333. The zero-order chi connectivity index (χ0) is 19.0. The minimum atomic E-state index is -2.66. The molecular weight excluding hydrogens is 354 g/mol. The van der Waals surface area contributed by atoms with Gasteiger partial charge in [-0.2, -0.15) is 5.10 Å². The number of halogens is 2. The van der Waals surface area contributed by atoms with E-state index in [2.05, 4.69) is 15.1 Å². The summed E-state index contributed by atoms with van der Waals surface area (Å²) in [5, 5.41) is 4.21. The number of hydrogen-bond donors (Lipinski definition) is 1. The van der Waals surface area contributed by atoms with Crippen LogP contribution >= 0.6 is 0 Å². The lowest BCUT2D eigenvalue weighted by Crippen LogP contribution is -2.39. The van der Waals surface area contributed by atoms with Gasteiger partial charge in [-0.3, -0.25) is 4.79 Å². The lowest BCUT2D eigenvalue weighted by Gasteiger charge is -2.33. The Labute approximate surface area is 153 Å². The highest BCUT2D eigenvalue weighted by Crippen LogP contribution is 2.30. The van der Waals surface area contributed by atoms with Crippen molar-refractivity contribution in [3.8, 4) is 0 Å². The van der Waals surface area contributed by atoms with Crippen LogP contribution in [0.4, 0.5) is 14.6 Å². The standard InChI is InChI=1S/C18H18F2N6O/c19-17(20)13-8-14(26-16(24-13)5-6-23-26)12-2-1-7-25(10-12)18(27)11-3-4-15(21)22-9-11/h3-6,8-9,12,17H,1-2,7,10H2,(H2,21,22)/t12-/m0/s1. The second-order valence-corrected chi connectivity index (χ2v) is 6.57. The Morgan fingerprint density at radius 2 is 2.15 bits per heavy atom. The van der Waals surface area contributed by atoms with Gasteiger partial charge in [-0.25, -0.2) is 23.3 Å². The first-order valence-corrected chi connectivity index (χ1v) is 8.66. The summed E-state index contributed by atoms with van der Waals surface area (Å²) in [6.07, 6.45) is 1.88. The first kappa shape index (κ1) is 17.3. The molecule has 1 fully saturated rings. The molecule has 1 atom stereocenters. The van der Waals surface area contributed by atoms with Crippen LogP contribution in [0.3, 0.4) is 0 Å². The molecule has 3 aromatic heterocycles. The number of pyridine rings is 1. The molecule has 4 rings (SSSR count). The van der Waals surface area contributed by atoms with E-state index in [-0.39, 0.29) is 17.5 Å². The highest BCUT2D eigenvalue weighted by Gasteiger charge is 2.28. The summed E-state index contributed by atoms with van der Waals surface area (Å²) in [4.78, 5) is 22.4. The quantitative estimate of drug-likeness (QED) is 0.763. The van der Waals surface area contributed by atoms with Crippen LogP contribution < -0.4 is 5.73 Å². The number of rotatable bonds is 3. The lowest BCUT2D eigenvalue weighted by atomic mass is 9.93. The van der Waals surface area contributed by atoms with E-state index in [0.29, 0.717) is 35.8 Å². The zero-order valence-electron chi connectivity index (χ0n) is 14.4. The summed E-state index contributed by atoms with van der Waals surface area (Å²) in [5.41, 5.74) is 6.78. The topological polar surface area (TPSA) is 89.4 Å². The van der Waals surface area contributed by atoms with Crippen LogP contribution in [0.5, 0.6) is 0 Å². The predicted octanol–water partition coefficient (Wildman–Crippen LogP) is 2.66. The van der Waals surface area contributed by atoms with Crippen molar-refractivity contribution in [2.45, 2.75) is 25.2 Å². The summed E-state index contributed by atoms with van der Waals surface area (Å²) in [6, 6.07) is 6.22. The van der Waals surface area contributed by atoms with Crippen LogP contribution in [0.1, 0.15) is 46.9 Å². The Bertz CT molecular complexity index is 972. The van der Waals surface area contributed by atoms with Gasteiger partial charge in [0.25, 0.3) is 12.3 Å². The molecule has 1 saturated heterocycles. The van der Waals surface area contributed by atoms with Gasteiger partial charge in [0.05, 0.1) is 17.5 Å². The Morgan fingerprint density at radius 3 is 2.89 bits per heavy atom. The molecule has 1 aliphatic heterocycles. The third-order valence-corrected chi connectivity index (χ3v) is 4.79. The maximum absolute atomic E-state index is 13.2. The largest absolute Gasteiger partial charge is 0.384 e. The number of hydrogen-bond acceptors (Lipinski definition) is 5. The number of nitrogen functional groups attached to an aromatic ring is 1. The molecule has 1 aliphatic rings. The van der Waals surface area contributed by atoms with Crippen LogP contribution in [0.15, 0.2) is 36.7 Å². The number of likely N-dealkylation sites (tertiary alicyclic amines) is 1. The molecule has 3 aromatic rings. The number of carbonyl (C=O) groups is 1. The number of nitrogens with zero attached hydrogens (tertiary/aromatic N) is 5. The number of anilines is 1. The molecular formula is C18H18F2N6O. The van der Waals surface area contributed by atoms with Crippen molar-refractivity contribution in [2.24, 2.45) is 0 Å². The van der Waals surface area contributed by atoms with Crippen molar-refractivity contribution in [3.05, 3.63) is 53.6 Å². The first-order chi connectivity index (χ1) is 13.0. The fourth-order valence-corrected chi connectivity index (χ4v) is 3.48. The average molecular weight is 372 g/mol. The van der Waals surface area contributed by atoms with Gasteiger partial charge >= 0.3 is 0 Å². The van der Waals surface area contributed by atoms with Crippen molar-refractivity contribution >= 4 is 17.4 Å². The molecule has 0 aromatic carbocycles. The number of fused-ring (bicyclic) bond motifs is 1. The van der Waals surface area contributed by atoms with Gasteiger partial charge in [-0.05, 0) is 31.0 Å². The van der Waals surface area contributed by atoms with Crippen LogP contribution in [-0.4, -0.2) is 43.5 Å². The molecule has 0 spiro atoms. The SMILES string of the molecule is Nc1ccc(C(=O)N2CCC[C@H](c3cc(C(F)F)nc4ccnn34)C2)cn1. The molecule has 1 amide bonds.